The number of halogens is 2. The second-order valence-corrected chi connectivity index (χ2v) is 10.2. The van der Waals surface area contributed by atoms with Gasteiger partial charge in [-0.05, 0) is 67.7 Å². The first-order valence-corrected chi connectivity index (χ1v) is 12.4. The van der Waals surface area contributed by atoms with E-state index in [9.17, 15) is 14.3 Å². The van der Waals surface area contributed by atoms with Gasteiger partial charge in [-0.2, -0.15) is 0 Å². The summed E-state index contributed by atoms with van der Waals surface area (Å²) in [5.74, 6) is -0.253. The lowest BCUT2D eigenvalue weighted by atomic mass is 9.68. The van der Waals surface area contributed by atoms with E-state index in [0.29, 0.717) is 37.4 Å². The van der Waals surface area contributed by atoms with Crippen molar-refractivity contribution < 1.29 is 14.3 Å². The van der Waals surface area contributed by atoms with Crippen LogP contribution >= 0.6 is 11.6 Å². The van der Waals surface area contributed by atoms with Crippen LogP contribution in [0.15, 0.2) is 72.9 Å². The van der Waals surface area contributed by atoms with Crippen LogP contribution in [-0.2, 0) is 17.9 Å². The Morgan fingerprint density at radius 3 is 2.49 bits per heavy atom. The Kier molecular flexibility index (Phi) is 6.87. The van der Waals surface area contributed by atoms with Crippen molar-refractivity contribution in [3.8, 4) is 0 Å². The lowest BCUT2D eigenvalue weighted by Gasteiger charge is -2.51. The van der Waals surface area contributed by atoms with Crippen molar-refractivity contribution in [2.24, 2.45) is 5.41 Å². The van der Waals surface area contributed by atoms with Crippen LogP contribution < -0.4 is 0 Å². The lowest BCUT2D eigenvalue weighted by molar-refractivity contribution is -0.165. The molecule has 0 unspecified atom stereocenters. The van der Waals surface area contributed by atoms with E-state index >= 15 is 0 Å². The van der Waals surface area contributed by atoms with E-state index in [1.165, 1.54) is 12.3 Å². The molecule has 2 fully saturated rings. The van der Waals surface area contributed by atoms with Gasteiger partial charge in [-0.3, -0.25) is 14.7 Å². The Bertz CT molecular complexity index is 1170. The van der Waals surface area contributed by atoms with Gasteiger partial charge in [0.1, 0.15) is 5.82 Å². The molecule has 1 aromatic heterocycles. The number of pyridine rings is 1. The molecule has 182 valence electrons. The van der Waals surface area contributed by atoms with Crippen molar-refractivity contribution in [1.82, 2.24) is 14.8 Å². The van der Waals surface area contributed by atoms with Crippen LogP contribution in [0.5, 0.6) is 0 Å². The van der Waals surface area contributed by atoms with Gasteiger partial charge < -0.3 is 10.0 Å². The number of carbonyl (C=O) groups is 1. The minimum atomic E-state index is -0.667. The number of aliphatic hydroxyl groups is 1. The fraction of sp³-hybridized carbons (Fsp3) is 0.357. The second kappa shape index (κ2) is 10.1. The fourth-order valence-electron chi connectivity index (χ4n) is 5.58. The summed E-state index contributed by atoms with van der Waals surface area (Å²) in [6.45, 7) is 2.45. The molecular formula is C28H29ClFN3O2. The zero-order chi connectivity index (χ0) is 24.4. The zero-order valence-electron chi connectivity index (χ0n) is 19.5. The number of carbonyl (C=O) groups excluding carboxylic acids is 1. The van der Waals surface area contributed by atoms with Gasteiger partial charge in [-0.15, -0.1) is 0 Å². The number of hydrogen-bond donors (Lipinski definition) is 1. The average Bonchev–Trinajstić information content (AvgIpc) is 2.86. The molecule has 3 aromatic rings. The number of rotatable bonds is 5. The Hall–Kier alpha value is -2.80. The van der Waals surface area contributed by atoms with Gasteiger partial charge in [0.25, 0.3) is 0 Å². The van der Waals surface area contributed by atoms with Crippen LogP contribution in [0.4, 0.5) is 4.39 Å². The fourth-order valence-corrected chi connectivity index (χ4v) is 5.79. The topological polar surface area (TPSA) is 56.7 Å². The van der Waals surface area contributed by atoms with Crippen LogP contribution in [0.3, 0.4) is 0 Å². The minimum absolute atomic E-state index is 0.0937. The standard InChI is InChI=1S/C28H29ClFN3O2/c29-22-8-4-5-20(15-22)18-33-26(21-6-2-1-3-7-21)25(34)16-28(27(33)35)11-13-32(14-12-28)19-24-10-9-23(30)17-31-24/h1-10,15,17,25-26,34H,11-14,16,18-19H2/t25-,26+/m1/s1. The molecule has 2 aromatic carbocycles. The molecule has 1 spiro atoms. The van der Waals surface area contributed by atoms with Crippen LogP contribution in [0, 0.1) is 11.2 Å². The van der Waals surface area contributed by atoms with Gasteiger partial charge in [0, 0.05) is 18.1 Å². The third kappa shape index (κ3) is 5.10. The van der Waals surface area contributed by atoms with Crippen LogP contribution in [0.2, 0.25) is 5.02 Å². The van der Waals surface area contributed by atoms with Crippen molar-refractivity contribution in [3.05, 3.63) is 101 Å². The van der Waals surface area contributed by atoms with E-state index in [-0.39, 0.29) is 11.7 Å². The number of amides is 1. The molecule has 5 nitrogen and oxygen atoms in total. The van der Waals surface area contributed by atoms with E-state index in [1.807, 2.05) is 59.5 Å². The molecule has 5 rings (SSSR count). The second-order valence-electron chi connectivity index (χ2n) is 9.71. The van der Waals surface area contributed by atoms with Crippen LogP contribution in [-0.4, -0.2) is 45.0 Å². The largest absolute Gasteiger partial charge is 0.391 e. The maximum absolute atomic E-state index is 14.1. The summed E-state index contributed by atoms with van der Waals surface area (Å²) in [5.41, 5.74) is 2.08. The maximum Gasteiger partial charge on any atom is 0.229 e. The third-order valence-electron chi connectivity index (χ3n) is 7.39. The SMILES string of the molecule is O=C1N(Cc2cccc(Cl)c2)[C@@H](c2ccccc2)[C@H](O)CC12CCN(Cc1ccc(F)cn1)CC2. The number of benzene rings is 2. The summed E-state index contributed by atoms with van der Waals surface area (Å²) in [4.78, 5) is 22.4. The number of aliphatic hydroxyl groups excluding tert-OH is 1. The predicted octanol–water partition coefficient (Wildman–Crippen LogP) is 4.99. The van der Waals surface area contributed by atoms with Crippen LogP contribution in [0.25, 0.3) is 0 Å². The van der Waals surface area contributed by atoms with Gasteiger partial charge in [0.05, 0.1) is 29.5 Å². The quantitative estimate of drug-likeness (QED) is 0.544. The Morgan fingerprint density at radius 1 is 1.03 bits per heavy atom. The van der Waals surface area contributed by atoms with E-state index < -0.39 is 17.6 Å². The van der Waals surface area contributed by atoms with Crippen molar-refractivity contribution in [3.63, 3.8) is 0 Å². The Labute approximate surface area is 210 Å². The first-order chi connectivity index (χ1) is 16.9. The molecule has 0 saturated carbocycles. The molecular weight excluding hydrogens is 465 g/mol. The molecule has 1 amide bonds. The first kappa shape index (κ1) is 23.9. The van der Waals surface area contributed by atoms with E-state index in [0.717, 1.165) is 29.9 Å². The molecule has 1 N–H and O–H groups in total. The highest BCUT2D eigenvalue weighted by atomic mass is 35.5. The number of piperidine rings is 2. The summed E-state index contributed by atoms with van der Waals surface area (Å²) in [6.07, 6.45) is 2.34. The lowest BCUT2D eigenvalue weighted by Crippen LogP contribution is -2.58. The monoisotopic (exact) mass is 493 g/mol. The molecule has 2 aliphatic heterocycles. The number of nitrogens with zero attached hydrogens (tertiary/aromatic N) is 3. The van der Waals surface area contributed by atoms with Crippen LogP contribution in [0.1, 0.15) is 42.1 Å². The number of likely N-dealkylation sites (tertiary alicyclic amines) is 2. The van der Waals surface area contributed by atoms with Gasteiger partial charge in [-0.25, -0.2) is 4.39 Å². The number of aromatic nitrogens is 1. The molecule has 3 heterocycles. The van der Waals surface area contributed by atoms with Gasteiger partial charge in [0.2, 0.25) is 5.91 Å². The van der Waals surface area contributed by atoms with E-state index in [4.69, 9.17) is 11.6 Å². The summed E-state index contributed by atoms with van der Waals surface area (Å²) in [7, 11) is 0. The normalized spacial score (nSPS) is 22.5. The molecule has 0 aliphatic carbocycles. The number of hydrogen-bond acceptors (Lipinski definition) is 4. The smallest absolute Gasteiger partial charge is 0.229 e. The van der Waals surface area contributed by atoms with Crippen molar-refractivity contribution in [2.45, 2.75) is 44.5 Å². The Morgan fingerprint density at radius 2 is 1.80 bits per heavy atom. The average molecular weight is 494 g/mol. The van der Waals surface area contributed by atoms with E-state index in [1.54, 1.807) is 6.07 Å². The van der Waals surface area contributed by atoms with Crippen molar-refractivity contribution >= 4 is 17.5 Å². The summed E-state index contributed by atoms with van der Waals surface area (Å²) >= 11 is 6.23. The molecule has 0 radical (unpaired) electrons. The molecule has 7 heteroatoms. The predicted molar refractivity (Wildman–Crippen MR) is 133 cm³/mol. The summed E-state index contributed by atoms with van der Waals surface area (Å²) in [6, 6.07) is 20.0. The highest BCUT2D eigenvalue weighted by molar-refractivity contribution is 6.30. The van der Waals surface area contributed by atoms with E-state index in [2.05, 4.69) is 9.88 Å². The Balaban J connectivity index is 1.38. The minimum Gasteiger partial charge on any atom is -0.391 e. The summed E-state index contributed by atoms with van der Waals surface area (Å²) < 4.78 is 13.2. The highest BCUT2D eigenvalue weighted by Crippen LogP contribution is 2.47. The third-order valence-corrected chi connectivity index (χ3v) is 7.62. The van der Waals surface area contributed by atoms with Crippen molar-refractivity contribution in [2.75, 3.05) is 13.1 Å². The summed E-state index contributed by atoms with van der Waals surface area (Å²) in [5, 5.41) is 12.0. The molecule has 2 saturated heterocycles. The highest BCUT2D eigenvalue weighted by Gasteiger charge is 2.52. The van der Waals surface area contributed by atoms with Gasteiger partial charge in [0.15, 0.2) is 0 Å². The molecule has 2 aliphatic rings. The zero-order valence-corrected chi connectivity index (χ0v) is 20.2. The maximum atomic E-state index is 14.1. The molecule has 35 heavy (non-hydrogen) atoms. The molecule has 2 atom stereocenters. The first-order valence-electron chi connectivity index (χ1n) is 12.0. The van der Waals surface area contributed by atoms with Gasteiger partial charge >= 0.3 is 0 Å². The van der Waals surface area contributed by atoms with Gasteiger partial charge in [-0.1, -0.05) is 54.1 Å². The molecule has 0 bridgehead atoms. The van der Waals surface area contributed by atoms with Crippen molar-refractivity contribution in [1.29, 1.82) is 0 Å².